The number of benzene rings is 1. The van der Waals surface area contributed by atoms with Crippen molar-refractivity contribution in [3.8, 4) is 0 Å². The van der Waals surface area contributed by atoms with E-state index in [0.717, 1.165) is 4.90 Å². The monoisotopic (exact) mass is 250 g/mol. The van der Waals surface area contributed by atoms with Crippen LogP contribution in [-0.4, -0.2) is 26.2 Å². The first kappa shape index (κ1) is 11.9. The maximum absolute atomic E-state index is 10.8. The van der Waals surface area contributed by atoms with E-state index in [1.807, 2.05) is 18.2 Å². The van der Waals surface area contributed by atoms with E-state index in [4.69, 9.17) is 11.6 Å². The predicted octanol–water partition coefficient (Wildman–Crippen LogP) is 2.48. The quantitative estimate of drug-likeness (QED) is 0.770. The Morgan fingerprint density at radius 2 is 2.14 bits per heavy atom. The molecule has 0 aliphatic rings. The Bertz CT molecular complexity index is 401. The van der Waals surface area contributed by atoms with E-state index in [2.05, 4.69) is 0 Å². The van der Waals surface area contributed by atoms with Crippen LogP contribution in [-0.2, 0) is 9.84 Å². The van der Waals surface area contributed by atoms with Crippen molar-refractivity contribution in [3.05, 3.63) is 29.3 Å². The molecule has 0 atom stereocenters. The molecule has 0 spiro atoms. The molecular formula is C9H11ClO2S2. The van der Waals surface area contributed by atoms with E-state index >= 15 is 0 Å². The minimum atomic E-state index is -2.86. The van der Waals surface area contributed by atoms with Gasteiger partial charge >= 0.3 is 0 Å². The summed E-state index contributed by atoms with van der Waals surface area (Å²) in [6.45, 7) is 0. The van der Waals surface area contributed by atoms with Crippen LogP contribution in [0.2, 0.25) is 5.02 Å². The topological polar surface area (TPSA) is 34.1 Å². The molecule has 0 radical (unpaired) electrons. The number of thioether (sulfide) groups is 1. The van der Waals surface area contributed by atoms with Crippen molar-refractivity contribution in [2.75, 3.05) is 17.8 Å². The average Bonchev–Trinajstić information content (AvgIpc) is 2.01. The molecule has 78 valence electrons. The van der Waals surface area contributed by atoms with E-state index < -0.39 is 9.84 Å². The molecule has 0 fully saturated rings. The highest BCUT2D eigenvalue weighted by atomic mass is 35.5. The van der Waals surface area contributed by atoms with Crippen LogP contribution in [0.4, 0.5) is 0 Å². The van der Waals surface area contributed by atoms with Crippen LogP contribution in [0.1, 0.15) is 0 Å². The molecule has 0 saturated heterocycles. The lowest BCUT2D eigenvalue weighted by molar-refractivity contribution is 0.603. The summed E-state index contributed by atoms with van der Waals surface area (Å²) >= 11 is 7.28. The third kappa shape index (κ3) is 4.88. The van der Waals surface area contributed by atoms with Crippen molar-refractivity contribution in [3.63, 3.8) is 0 Å². The van der Waals surface area contributed by atoms with Gasteiger partial charge in [0, 0.05) is 21.9 Å². The second-order valence-corrected chi connectivity index (χ2v) is 6.80. The Kier molecular flexibility index (Phi) is 4.29. The lowest BCUT2D eigenvalue weighted by Crippen LogP contribution is -2.04. The van der Waals surface area contributed by atoms with Gasteiger partial charge in [-0.15, -0.1) is 11.8 Å². The molecule has 0 saturated carbocycles. The van der Waals surface area contributed by atoms with Crippen LogP contribution in [0.5, 0.6) is 0 Å². The van der Waals surface area contributed by atoms with Crippen LogP contribution in [0.3, 0.4) is 0 Å². The van der Waals surface area contributed by atoms with Crippen LogP contribution in [0.15, 0.2) is 29.2 Å². The molecule has 0 aromatic heterocycles. The summed E-state index contributed by atoms with van der Waals surface area (Å²) in [5.74, 6) is 0.767. The first-order valence-electron chi connectivity index (χ1n) is 4.03. The van der Waals surface area contributed by atoms with E-state index in [9.17, 15) is 8.42 Å². The van der Waals surface area contributed by atoms with Gasteiger partial charge in [0.15, 0.2) is 0 Å². The lowest BCUT2D eigenvalue weighted by Gasteiger charge is -2.00. The predicted molar refractivity (Wildman–Crippen MR) is 61.9 cm³/mol. The van der Waals surface area contributed by atoms with Crippen LogP contribution in [0.25, 0.3) is 0 Å². The average molecular weight is 251 g/mol. The van der Waals surface area contributed by atoms with Gasteiger partial charge in [-0.1, -0.05) is 17.7 Å². The van der Waals surface area contributed by atoms with Crippen molar-refractivity contribution >= 4 is 33.2 Å². The van der Waals surface area contributed by atoms with Gasteiger partial charge in [-0.05, 0) is 18.2 Å². The van der Waals surface area contributed by atoms with Gasteiger partial charge in [-0.25, -0.2) is 8.42 Å². The summed E-state index contributed by atoms with van der Waals surface area (Å²) in [4.78, 5) is 1.00. The fourth-order valence-corrected chi connectivity index (χ4v) is 3.29. The van der Waals surface area contributed by atoms with Gasteiger partial charge < -0.3 is 0 Å². The number of hydrogen-bond acceptors (Lipinski definition) is 3. The molecule has 0 N–H and O–H groups in total. The molecule has 14 heavy (non-hydrogen) atoms. The Balaban J connectivity index is 2.47. The standard InChI is InChI=1S/C9H11ClO2S2/c1-14(11,12)6-5-13-9-4-2-3-8(10)7-9/h2-4,7H,5-6H2,1H3. The highest BCUT2D eigenvalue weighted by Gasteiger charge is 2.02. The third-order valence-electron chi connectivity index (χ3n) is 1.52. The van der Waals surface area contributed by atoms with E-state index in [1.54, 1.807) is 6.07 Å². The number of halogens is 1. The molecule has 1 rings (SSSR count). The number of sulfone groups is 1. The second kappa shape index (κ2) is 5.05. The molecule has 0 aliphatic carbocycles. The number of hydrogen-bond donors (Lipinski definition) is 0. The van der Waals surface area contributed by atoms with Crippen molar-refractivity contribution in [1.82, 2.24) is 0 Å². The van der Waals surface area contributed by atoms with Gasteiger partial charge in [0.05, 0.1) is 5.75 Å². The normalized spacial score (nSPS) is 11.6. The summed E-state index contributed by atoms with van der Waals surface area (Å²) < 4.78 is 21.7. The number of rotatable bonds is 4. The summed E-state index contributed by atoms with van der Waals surface area (Å²) in [6.07, 6.45) is 1.24. The molecule has 0 amide bonds. The summed E-state index contributed by atoms with van der Waals surface area (Å²) in [6, 6.07) is 7.39. The Morgan fingerprint density at radius 1 is 1.43 bits per heavy atom. The molecule has 0 aliphatic heterocycles. The SMILES string of the molecule is CS(=O)(=O)CCSc1cccc(Cl)c1. The zero-order valence-electron chi connectivity index (χ0n) is 7.73. The summed E-state index contributed by atoms with van der Waals surface area (Å²) in [5.41, 5.74) is 0. The zero-order valence-corrected chi connectivity index (χ0v) is 10.1. The van der Waals surface area contributed by atoms with Gasteiger partial charge in [0.2, 0.25) is 0 Å². The summed E-state index contributed by atoms with van der Waals surface area (Å²) in [5, 5.41) is 0.675. The third-order valence-corrected chi connectivity index (χ3v) is 3.95. The Morgan fingerprint density at radius 3 is 2.71 bits per heavy atom. The Hall–Kier alpha value is -0.190. The van der Waals surface area contributed by atoms with Crippen LogP contribution >= 0.6 is 23.4 Å². The smallest absolute Gasteiger partial charge is 0.148 e. The maximum Gasteiger partial charge on any atom is 0.148 e. The van der Waals surface area contributed by atoms with Gasteiger partial charge in [0.1, 0.15) is 9.84 Å². The fraction of sp³-hybridized carbons (Fsp3) is 0.333. The first-order valence-corrected chi connectivity index (χ1v) is 7.46. The van der Waals surface area contributed by atoms with Gasteiger partial charge in [-0.2, -0.15) is 0 Å². The van der Waals surface area contributed by atoms with E-state index in [0.29, 0.717) is 10.8 Å². The van der Waals surface area contributed by atoms with Crippen LogP contribution in [0, 0.1) is 0 Å². The molecule has 2 nitrogen and oxygen atoms in total. The molecule has 5 heteroatoms. The Labute approximate surface area is 93.6 Å². The van der Waals surface area contributed by atoms with E-state index in [-0.39, 0.29) is 5.75 Å². The lowest BCUT2D eigenvalue weighted by atomic mass is 10.4. The summed E-state index contributed by atoms with van der Waals surface area (Å²) in [7, 11) is -2.86. The van der Waals surface area contributed by atoms with Crippen molar-refractivity contribution in [2.45, 2.75) is 4.90 Å². The molecule has 0 bridgehead atoms. The molecular weight excluding hydrogens is 240 g/mol. The van der Waals surface area contributed by atoms with E-state index in [1.165, 1.54) is 18.0 Å². The van der Waals surface area contributed by atoms with Crippen molar-refractivity contribution in [1.29, 1.82) is 0 Å². The van der Waals surface area contributed by atoms with Crippen LogP contribution < -0.4 is 0 Å². The largest absolute Gasteiger partial charge is 0.229 e. The van der Waals surface area contributed by atoms with Crippen molar-refractivity contribution in [2.24, 2.45) is 0 Å². The molecule has 0 unspecified atom stereocenters. The van der Waals surface area contributed by atoms with Gasteiger partial charge in [0.25, 0.3) is 0 Å². The maximum atomic E-state index is 10.8. The van der Waals surface area contributed by atoms with Crippen molar-refractivity contribution < 1.29 is 8.42 Å². The fourth-order valence-electron chi connectivity index (χ4n) is 0.868. The zero-order chi connectivity index (χ0) is 10.6. The molecule has 1 aromatic rings. The highest BCUT2D eigenvalue weighted by molar-refractivity contribution is 8.00. The minimum Gasteiger partial charge on any atom is -0.229 e. The molecule has 0 heterocycles. The minimum absolute atomic E-state index is 0.199. The first-order chi connectivity index (χ1) is 6.47. The highest BCUT2D eigenvalue weighted by Crippen LogP contribution is 2.21. The van der Waals surface area contributed by atoms with Gasteiger partial charge in [-0.3, -0.25) is 0 Å². The molecule has 1 aromatic carbocycles. The second-order valence-electron chi connectivity index (χ2n) is 2.94.